The van der Waals surface area contributed by atoms with Gasteiger partial charge in [0.05, 0.1) is 12.2 Å². The van der Waals surface area contributed by atoms with Crippen LogP contribution in [0.2, 0.25) is 0 Å². The third-order valence-electron chi connectivity index (χ3n) is 5.61. The number of rotatable bonds is 7. The number of likely N-dealkylation sites (tertiary alicyclic amines) is 1. The SMILES string of the molecule is O=C(NC[C@H]1[C@H](c2ccccc2)[C@@H](CO)N1CC1CC1)c1cccnc1. The summed E-state index contributed by atoms with van der Waals surface area (Å²) in [7, 11) is 0. The van der Waals surface area contributed by atoms with Crippen molar-refractivity contribution in [1.29, 1.82) is 0 Å². The Kier molecular flexibility index (Phi) is 5.00. The minimum absolute atomic E-state index is 0.0938. The van der Waals surface area contributed by atoms with E-state index in [-0.39, 0.29) is 30.5 Å². The van der Waals surface area contributed by atoms with Gasteiger partial charge < -0.3 is 10.4 Å². The fraction of sp³-hybridized carbons (Fsp3) is 0.429. The highest BCUT2D eigenvalue weighted by molar-refractivity contribution is 5.93. The maximum Gasteiger partial charge on any atom is 0.252 e. The molecule has 4 rings (SSSR count). The summed E-state index contributed by atoms with van der Waals surface area (Å²) in [6.07, 6.45) is 5.81. The Hall–Kier alpha value is -2.24. The van der Waals surface area contributed by atoms with Crippen LogP contribution in [0.3, 0.4) is 0 Å². The highest BCUT2D eigenvalue weighted by atomic mass is 16.3. The van der Waals surface area contributed by atoms with Crippen LogP contribution in [0, 0.1) is 5.92 Å². The van der Waals surface area contributed by atoms with Crippen molar-refractivity contribution < 1.29 is 9.90 Å². The topological polar surface area (TPSA) is 65.5 Å². The Morgan fingerprint density at radius 2 is 1.96 bits per heavy atom. The lowest BCUT2D eigenvalue weighted by molar-refractivity contribution is -0.0445. The third-order valence-corrected chi connectivity index (χ3v) is 5.61. The molecule has 2 heterocycles. The molecule has 1 saturated heterocycles. The Morgan fingerprint density at radius 3 is 2.62 bits per heavy atom. The summed E-state index contributed by atoms with van der Waals surface area (Å²) in [6, 6.07) is 14.2. The summed E-state index contributed by atoms with van der Waals surface area (Å²) in [5, 5.41) is 13.0. The first kappa shape index (κ1) is 17.2. The van der Waals surface area contributed by atoms with E-state index in [1.54, 1.807) is 24.5 Å². The molecule has 5 heteroatoms. The predicted octanol–water partition coefficient (Wildman–Crippen LogP) is 2.05. The Bertz CT molecular complexity index is 733. The van der Waals surface area contributed by atoms with Crippen molar-refractivity contribution in [3.63, 3.8) is 0 Å². The second-order valence-corrected chi connectivity index (χ2v) is 7.35. The molecule has 1 aliphatic carbocycles. The number of hydrogen-bond acceptors (Lipinski definition) is 4. The zero-order valence-corrected chi connectivity index (χ0v) is 14.8. The Labute approximate surface area is 154 Å². The van der Waals surface area contributed by atoms with Crippen LogP contribution in [0.1, 0.15) is 34.7 Å². The number of aliphatic hydroxyl groups excluding tert-OH is 1. The number of nitrogens with zero attached hydrogens (tertiary/aromatic N) is 2. The quantitative estimate of drug-likeness (QED) is 0.801. The van der Waals surface area contributed by atoms with Crippen molar-refractivity contribution in [2.75, 3.05) is 19.7 Å². The second kappa shape index (κ2) is 7.56. The van der Waals surface area contributed by atoms with E-state index in [2.05, 4.69) is 27.3 Å². The summed E-state index contributed by atoms with van der Waals surface area (Å²) < 4.78 is 0. The summed E-state index contributed by atoms with van der Waals surface area (Å²) in [5.41, 5.74) is 1.81. The van der Waals surface area contributed by atoms with Crippen LogP contribution in [0.5, 0.6) is 0 Å². The molecule has 0 spiro atoms. The average Bonchev–Trinajstić information content (AvgIpc) is 3.50. The first-order valence-electron chi connectivity index (χ1n) is 9.37. The van der Waals surface area contributed by atoms with Gasteiger partial charge in [-0.2, -0.15) is 0 Å². The highest BCUT2D eigenvalue weighted by Crippen LogP contribution is 2.43. The Morgan fingerprint density at radius 1 is 1.15 bits per heavy atom. The van der Waals surface area contributed by atoms with Crippen molar-refractivity contribution in [2.45, 2.75) is 30.8 Å². The minimum atomic E-state index is -0.0938. The van der Waals surface area contributed by atoms with E-state index in [0.29, 0.717) is 12.1 Å². The average molecular weight is 351 g/mol. The molecule has 136 valence electrons. The van der Waals surface area contributed by atoms with Crippen molar-refractivity contribution in [2.24, 2.45) is 5.92 Å². The van der Waals surface area contributed by atoms with Crippen molar-refractivity contribution >= 4 is 5.91 Å². The van der Waals surface area contributed by atoms with Gasteiger partial charge >= 0.3 is 0 Å². The number of aromatic nitrogens is 1. The molecular weight excluding hydrogens is 326 g/mol. The van der Waals surface area contributed by atoms with E-state index < -0.39 is 0 Å². The monoisotopic (exact) mass is 351 g/mol. The van der Waals surface area contributed by atoms with Crippen LogP contribution >= 0.6 is 0 Å². The number of carbonyl (C=O) groups excluding carboxylic acids is 1. The van der Waals surface area contributed by atoms with Crippen LogP contribution in [0.25, 0.3) is 0 Å². The van der Waals surface area contributed by atoms with Gasteiger partial charge in [-0.25, -0.2) is 0 Å². The molecule has 2 aromatic rings. The van der Waals surface area contributed by atoms with Crippen LogP contribution in [-0.2, 0) is 0 Å². The van der Waals surface area contributed by atoms with Gasteiger partial charge in [-0.3, -0.25) is 14.7 Å². The number of amides is 1. The number of aliphatic hydroxyl groups is 1. The third kappa shape index (κ3) is 3.50. The first-order chi connectivity index (χ1) is 12.8. The van der Waals surface area contributed by atoms with Crippen molar-refractivity contribution in [3.8, 4) is 0 Å². The largest absolute Gasteiger partial charge is 0.395 e. The van der Waals surface area contributed by atoms with Gasteiger partial charge in [0.2, 0.25) is 0 Å². The molecule has 2 fully saturated rings. The summed E-state index contributed by atoms with van der Waals surface area (Å²) in [6.45, 7) is 1.75. The van der Waals surface area contributed by atoms with Gasteiger partial charge in [-0.1, -0.05) is 30.3 Å². The molecule has 1 saturated carbocycles. The van der Waals surface area contributed by atoms with E-state index in [4.69, 9.17) is 0 Å². The number of hydrogen-bond donors (Lipinski definition) is 2. The standard InChI is InChI=1S/C21H25N3O2/c25-14-19-20(16-5-2-1-3-6-16)18(24(19)13-15-8-9-15)12-23-21(26)17-7-4-10-22-11-17/h1-7,10-11,15,18-20,25H,8-9,12-14H2,(H,23,26)/t18-,19+,20-/m0/s1. The minimum Gasteiger partial charge on any atom is -0.395 e. The molecule has 0 unspecified atom stereocenters. The van der Waals surface area contributed by atoms with E-state index >= 15 is 0 Å². The lowest BCUT2D eigenvalue weighted by Gasteiger charge is -2.55. The van der Waals surface area contributed by atoms with Crippen LogP contribution < -0.4 is 5.32 Å². The fourth-order valence-corrected chi connectivity index (χ4v) is 4.06. The van der Waals surface area contributed by atoms with Gasteiger partial charge in [0.25, 0.3) is 5.91 Å². The number of benzene rings is 1. The summed E-state index contributed by atoms with van der Waals surface area (Å²) in [5.74, 6) is 0.898. The summed E-state index contributed by atoms with van der Waals surface area (Å²) in [4.78, 5) is 18.8. The molecule has 1 aromatic carbocycles. The lowest BCUT2D eigenvalue weighted by atomic mass is 9.75. The van der Waals surface area contributed by atoms with E-state index in [9.17, 15) is 9.90 Å². The zero-order valence-electron chi connectivity index (χ0n) is 14.8. The highest BCUT2D eigenvalue weighted by Gasteiger charge is 2.49. The Balaban J connectivity index is 1.48. The van der Waals surface area contributed by atoms with Crippen molar-refractivity contribution in [1.82, 2.24) is 15.2 Å². The van der Waals surface area contributed by atoms with Gasteiger partial charge in [-0.15, -0.1) is 0 Å². The molecule has 26 heavy (non-hydrogen) atoms. The second-order valence-electron chi connectivity index (χ2n) is 7.35. The molecule has 0 bridgehead atoms. The molecule has 1 aromatic heterocycles. The molecule has 0 radical (unpaired) electrons. The molecule has 2 N–H and O–H groups in total. The van der Waals surface area contributed by atoms with Crippen LogP contribution in [0.15, 0.2) is 54.9 Å². The van der Waals surface area contributed by atoms with Gasteiger partial charge in [0, 0.05) is 43.5 Å². The maximum atomic E-state index is 12.4. The molecule has 5 nitrogen and oxygen atoms in total. The first-order valence-corrected chi connectivity index (χ1v) is 9.37. The zero-order chi connectivity index (χ0) is 17.9. The predicted molar refractivity (Wildman–Crippen MR) is 99.8 cm³/mol. The van der Waals surface area contributed by atoms with Crippen LogP contribution in [0.4, 0.5) is 0 Å². The van der Waals surface area contributed by atoms with E-state index in [1.165, 1.54) is 18.4 Å². The molecule has 2 aliphatic rings. The number of pyridine rings is 1. The molecule has 3 atom stereocenters. The summed E-state index contributed by atoms with van der Waals surface area (Å²) >= 11 is 0. The van der Waals surface area contributed by atoms with Gasteiger partial charge in [0.15, 0.2) is 0 Å². The molecule has 1 amide bonds. The smallest absolute Gasteiger partial charge is 0.252 e. The number of nitrogens with one attached hydrogen (secondary N) is 1. The number of carbonyl (C=O) groups is 1. The maximum absolute atomic E-state index is 12.4. The van der Waals surface area contributed by atoms with Gasteiger partial charge in [-0.05, 0) is 36.5 Å². The molecular formula is C21H25N3O2. The van der Waals surface area contributed by atoms with E-state index in [1.807, 2.05) is 18.2 Å². The normalized spacial score (nSPS) is 25.5. The van der Waals surface area contributed by atoms with Crippen molar-refractivity contribution in [3.05, 3.63) is 66.0 Å². The van der Waals surface area contributed by atoms with Gasteiger partial charge in [0.1, 0.15) is 0 Å². The lowest BCUT2D eigenvalue weighted by Crippen LogP contribution is -2.67. The van der Waals surface area contributed by atoms with Crippen LogP contribution in [-0.4, -0.2) is 52.7 Å². The fourth-order valence-electron chi connectivity index (χ4n) is 4.06. The van der Waals surface area contributed by atoms with E-state index in [0.717, 1.165) is 12.5 Å². The molecule has 1 aliphatic heterocycles.